The molecule has 13 heavy (non-hydrogen) atoms. The molecule has 2 nitrogen and oxygen atoms in total. The van der Waals surface area contributed by atoms with Crippen molar-refractivity contribution < 1.29 is 0 Å². The van der Waals surface area contributed by atoms with Gasteiger partial charge in [-0.25, -0.2) is 0 Å². The van der Waals surface area contributed by atoms with Crippen molar-refractivity contribution in [3.63, 3.8) is 0 Å². The lowest BCUT2D eigenvalue weighted by Crippen LogP contribution is -1.77. The van der Waals surface area contributed by atoms with Crippen LogP contribution in [0.15, 0.2) is 29.3 Å². The Balaban J connectivity index is 2.58. The minimum atomic E-state index is 0.681. The molecule has 0 radical (unpaired) electrons. The van der Waals surface area contributed by atoms with Crippen LogP contribution in [-0.2, 0) is 0 Å². The zero-order valence-electron chi connectivity index (χ0n) is 7.07. The summed E-state index contributed by atoms with van der Waals surface area (Å²) in [6.07, 6.45) is 6.77. The molecule has 0 aromatic heterocycles. The topological polar surface area (TPSA) is 36.1 Å². The number of hydrogen-bond acceptors (Lipinski definition) is 2. The summed E-state index contributed by atoms with van der Waals surface area (Å²) in [5, 5.41) is 8.70. The second-order valence-corrected chi connectivity index (χ2v) is 2.84. The number of hydrogen-bond donors (Lipinski definition) is 0. The second kappa shape index (κ2) is 3.24. The van der Waals surface area contributed by atoms with Gasteiger partial charge in [-0.2, -0.15) is 5.26 Å². The summed E-state index contributed by atoms with van der Waals surface area (Å²) in [5.74, 6) is 0. The summed E-state index contributed by atoms with van der Waals surface area (Å²) >= 11 is 0. The average Bonchev–Trinajstić information content (AvgIpc) is 2.41. The van der Waals surface area contributed by atoms with Gasteiger partial charge in [0.25, 0.3) is 0 Å². The summed E-state index contributed by atoms with van der Waals surface area (Å²) in [6.45, 7) is 0. The zero-order valence-corrected chi connectivity index (χ0v) is 7.07. The van der Waals surface area contributed by atoms with Crippen LogP contribution in [0.5, 0.6) is 0 Å². The molecule has 0 spiro atoms. The number of benzene rings is 1. The van der Waals surface area contributed by atoms with Gasteiger partial charge in [-0.15, -0.1) is 0 Å². The highest BCUT2D eigenvalue weighted by molar-refractivity contribution is 5.76. The van der Waals surface area contributed by atoms with Gasteiger partial charge in [0.2, 0.25) is 0 Å². The first kappa shape index (κ1) is 7.75. The predicted molar refractivity (Wildman–Crippen MR) is 53.0 cm³/mol. The van der Waals surface area contributed by atoms with Gasteiger partial charge in [-0.05, 0) is 18.2 Å². The number of nitriles is 1. The van der Waals surface area contributed by atoms with E-state index in [2.05, 4.69) is 11.1 Å². The van der Waals surface area contributed by atoms with E-state index in [-0.39, 0.29) is 0 Å². The molecule has 1 aliphatic rings. The van der Waals surface area contributed by atoms with Crippen LogP contribution in [0.1, 0.15) is 17.5 Å². The number of aliphatic imine (C=N–C) groups is 1. The molecule has 1 heterocycles. The summed E-state index contributed by atoms with van der Waals surface area (Å²) < 4.78 is 0. The van der Waals surface area contributed by atoms with E-state index < -0.39 is 0 Å². The maximum Gasteiger partial charge on any atom is 0.0991 e. The third-order valence-corrected chi connectivity index (χ3v) is 1.93. The van der Waals surface area contributed by atoms with Gasteiger partial charge in [0.1, 0.15) is 0 Å². The summed E-state index contributed by atoms with van der Waals surface area (Å²) in [6, 6.07) is 7.63. The third-order valence-electron chi connectivity index (χ3n) is 1.93. The van der Waals surface area contributed by atoms with Crippen molar-refractivity contribution in [1.82, 2.24) is 0 Å². The normalized spacial score (nSPS) is 13.2. The van der Waals surface area contributed by atoms with Gasteiger partial charge >= 0.3 is 0 Å². The smallest absolute Gasteiger partial charge is 0.0991 e. The Hall–Kier alpha value is -1.88. The molecule has 0 saturated heterocycles. The van der Waals surface area contributed by atoms with Crippen LogP contribution in [0.2, 0.25) is 0 Å². The van der Waals surface area contributed by atoms with Crippen LogP contribution in [0.4, 0.5) is 5.69 Å². The first-order valence-electron chi connectivity index (χ1n) is 4.13. The number of nitrogens with zero attached hydrogens (tertiary/aromatic N) is 2. The first-order valence-corrected chi connectivity index (χ1v) is 4.13. The Morgan fingerprint density at radius 1 is 1.38 bits per heavy atom. The monoisotopic (exact) mass is 168 g/mol. The van der Waals surface area contributed by atoms with Gasteiger partial charge in [0.15, 0.2) is 0 Å². The van der Waals surface area contributed by atoms with E-state index in [4.69, 9.17) is 5.26 Å². The molecular formula is C11H8N2. The minimum Gasteiger partial charge on any atom is -0.260 e. The first-order chi connectivity index (χ1) is 6.40. The van der Waals surface area contributed by atoms with E-state index in [1.807, 2.05) is 30.5 Å². The lowest BCUT2D eigenvalue weighted by atomic mass is 10.1. The fraction of sp³-hybridized carbons (Fsp3) is 0.0909. The highest BCUT2D eigenvalue weighted by Gasteiger charge is 2.00. The van der Waals surface area contributed by atoms with Crippen molar-refractivity contribution in [3.05, 3.63) is 35.4 Å². The fourth-order valence-corrected chi connectivity index (χ4v) is 1.28. The zero-order chi connectivity index (χ0) is 9.10. The molecule has 1 aromatic rings. The maximum absolute atomic E-state index is 8.70. The molecule has 1 aliphatic heterocycles. The molecule has 0 bridgehead atoms. The Morgan fingerprint density at radius 3 is 3.15 bits per heavy atom. The molecule has 0 N–H and O–H groups in total. The average molecular weight is 168 g/mol. The molecule has 0 amide bonds. The summed E-state index contributed by atoms with van der Waals surface area (Å²) in [7, 11) is 0. The van der Waals surface area contributed by atoms with Gasteiger partial charge < -0.3 is 0 Å². The molecule has 62 valence electrons. The van der Waals surface area contributed by atoms with Crippen LogP contribution < -0.4 is 0 Å². The summed E-state index contributed by atoms with van der Waals surface area (Å²) in [4.78, 5) is 4.27. The van der Waals surface area contributed by atoms with E-state index in [9.17, 15) is 0 Å². The van der Waals surface area contributed by atoms with Crippen molar-refractivity contribution in [1.29, 1.82) is 5.26 Å². The van der Waals surface area contributed by atoms with Gasteiger partial charge in [0, 0.05) is 18.2 Å². The Morgan fingerprint density at radius 2 is 2.31 bits per heavy atom. The highest BCUT2D eigenvalue weighted by Crippen LogP contribution is 2.23. The van der Waals surface area contributed by atoms with Crippen molar-refractivity contribution in [2.24, 2.45) is 4.99 Å². The lowest BCUT2D eigenvalue weighted by Gasteiger charge is -1.98. The number of rotatable bonds is 0. The SMILES string of the molecule is N#Cc1ccc2c(c1)C=CCC=N2. The molecule has 0 atom stereocenters. The molecule has 2 heteroatoms. The second-order valence-electron chi connectivity index (χ2n) is 2.84. The van der Waals surface area contributed by atoms with Crippen molar-refractivity contribution in [2.75, 3.05) is 0 Å². The van der Waals surface area contributed by atoms with Crippen LogP contribution in [0, 0.1) is 11.3 Å². The van der Waals surface area contributed by atoms with E-state index in [1.54, 1.807) is 6.07 Å². The maximum atomic E-state index is 8.70. The quantitative estimate of drug-likeness (QED) is 0.586. The van der Waals surface area contributed by atoms with Gasteiger partial charge in [-0.1, -0.05) is 12.2 Å². The van der Waals surface area contributed by atoms with Crippen molar-refractivity contribution in [3.8, 4) is 6.07 Å². The van der Waals surface area contributed by atoms with Gasteiger partial charge in [0.05, 0.1) is 17.3 Å². The predicted octanol–water partition coefficient (Wildman–Crippen LogP) is 2.68. The minimum absolute atomic E-state index is 0.681. The molecule has 0 aliphatic carbocycles. The number of fused-ring (bicyclic) bond motifs is 1. The molecule has 0 fully saturated rings. The van der Waals surface area contributed by atoms with Crippen LogP contribution in [0.25, 0.3) is 6.08 Å². The Labute approximate surface area is 76.8 Å². The highest BCUT2D eigenvalue weighted by atomic mass is 14.7. The van der Waals surface area contributed by atoms with Crippen molar-refractivity contribution >= 4 is 18.0 Å². The Bertz CT molecular complexity index is 422. The van der Waals surface area contributed by atoms with Crippen LogP contribution >= 0.6 is 0 Å². The summed E-state index contributed by atoms with van der Waals surface area (Å²) in [5.41, 5.74) is 2.64. The number of allylic oxidation sites excluding steroid dienone is 1. The third kappa shape index (κ3) is 1.50. The van der Waals surface area contributed by atoms with Gasteiger partial charge in [-0.3, -0.25) is 4.99 Å². The molecular weight excluding hydrogens is 160 g/mol. The van der Waals surface area contributed by atoms with E-state index in [0.717, 1.165) is 17.7 Å². The van der Waals surface area contributed by atoms with Crippen LogP contribution in [-0.4, -0.2) is 6.21 Å². The lowest BCUT2D eigenvalue weighted by molar-refractivity contribution is 1.45. The standard InChI is InChI=1S/C11H8N2/c12-8-9-4-5-11-10(7-9)3-1-2-6-13-11/h1,3-7H,2H2. The molecule has 1 aromatic carbocycles. The largest absolute Gasteiger partial charge is 0.260 e. The van der Waals surface area contributed by atoms with E-state index >= 15 is 0 Å². The Kier molecular flexibility index (Phi) is 1.93. The van der Waals surface area contributed by atoms with Crippen LogP contribution in [0.3, 0.4) is 0 Å². The van der Waals surface area contributed by atoms with E-state index in [1.165, 1.54) is 0 Å². The molecule has 0 saturated carbocycles. The molecule has 2 rings (SSSR count). The molecule has 0 unspecified atom stereocenters. The fourth-order valence-electron chi connectivity index (χ4n) is 1.28. The van der Waals surface area contributed by atoms with Crippen molar-refractivity contribution in [2.45, 2.75) is 6.42 Å². The van der Waals surface area contributed by atoms with E-state index in [0.29, 0.717) is 5.56 Å².